The lowest BCUT2D eigenvalue weighted by atomic mass is 10.0. The van der Waals surface area contributed by atoms with E-state index < -0.39 is 6.04 Å². The van der Waals surface area contributed by atoms with Crippen LogP contribution >= 0.6 is 27.7 Å². The third kappa shape index (κ3) is 7.00. The van der Waals surface area contributed by atoms with Crippen LogP contribution in [-0.4, -0.2) is 30.2 Å². The zero-order valence-electron chi connectivity index (χ0n) is 12.5. The summed E-state index contributed by atoms with van der Waals surface area (Å²) in [5, 5.41) is 5.55. The molecular formula is C15H21BrN2O2S. The minimum absolute atomic E-state index is 0.0630. The van der Waals surface area contributed by atoms with Gasteiger partial charge in [-0.1, -0.05) is 29.8 Å². The third-order valence-electron chi connectivity index (χ3n) is 2.79. The van der Waals surface area contributed by atoms with Gasteiger partial charge in [-0.15, -0.1) is 11.8 Å². The summed E-state index contributed by atoms with van der Waals surface area (Å²) in [6.07, 6.45) is 0. The number of nitrogens with one attached hydrogen (secondary N) is 2. The van der Waals surface area contributed by atoms with Gasteiger partial charge in [0.05, 0.1) is 0 Å². The molecule has 6 heteroatoms. The maximum atomic E-state index is 12.0. The van der Waals surface area contributed by atoms with Crippen LogP contribution in [0.4, 0.5) is 0 Å². The van der Waals surface area contributed by atoms with Crippen LogP contribution in [-0.2, 0) is 9.59 Å². The third-order valence-corrected chi connectivity index (χ3v) is 4.33. The number of amides is 2. The van der Waals surface area contributed by atoms with Crippen molar-refractivity contribution < 1.29 is 9.59 Å². The smallest absolute Gasteiger partial charge is 0.242 e. The Labute approximate surface area is 138 Å². The molecule has 1 atom stereocenters. The van der Waals surface area contributed by atoms with Gasteiger partial charge in [0, 0.05) is 28.6 Å². The van der Waals surface area contributed by atoms with Crippen molar-refractivity contribution in [1.82, 2.24) is 10.6 Å². The Hall–Kier alpha value is -1.01. The fraction of sp³-hybridized carbons (Fsp3) is 0.467. The monoisotopic (exact) mass is 372 g/mol. The molecule has 0 saturated carbocycles. The van der Waals surface area contributed by atoms with Crippen LogP contribution in [0, 0.1) is 5.92 Å². The summed E-state index contributed by atoms with van der Waals surface area (Å²) in [5.41, 5.74) is 0. The van der Waals surface area contributed by atoms with E-state index >= 15 is 0 Å². The van der Waals surface area contributed by atoms with E-state index in [0.717, 1.165) is 15.1 Å². The molecular weight excluding hydrogens is 352 g/mol. The highest BCUT2D eigenvalue weighted by atomic mass is 79.9. The summed E-state index contributed by atoms with van der Waals surface area (Å²) in [5.74, 6) is 0.538. The van der Waals surface area contributed by atoms with E-state index in [1.807, 2.05) is 38.1 Å². The topological polar surface area (TPSA) is 58.2 Å². The van der Waals surface area contributed by atoms with Gasteiger partial charge in [-0.05, 0) is 30.2 Å². The first-order valence-corrected chi connectivity index (χ1v) is 8.61. The second kappa shape index (κ2) is 9.10. The molecule has 2 amide bonds. The van der Waals surface area contributed by atoms with E-state index in [4.69, 9.17) is 0 Å². The predicted molar refractivity (Wildman–Crippen MR) is 90.3 cm³/mol. The molecule has 2 N–H and O–H groups in total. The Morgan fingerprint density at radius 3 is 2.38 bits per heavy atom. The van der Waals surface area contributed by atoms with Crippen molar-refractivity contribution in [2.24, 2.45) is 5.92 Å². The Kier molecular flexibility index (Phi) is 7.82. The summed E-state index contributed by atoms with van der Waals surface area (Å²) in [7, 11) is 0. The molecule has 1 aromatic rings. The summed E-state index contributed by atoms with van der Waals surface area (Å²) < 4.78 is 1.05. The highest BCUT2D eigenvalue weighted by molar-refractivity contribution is 9.10. The van der Waals surface area contributed by atoms with E-state index in [0.29, 0.717) is 6.54 Å². The highest BCUT2D eigenvalue weighted by Gasteiger charge is 2.22. The van der Waals surface area contributed by atoms with Gasteiger partial charge in [0.1, 0.15) is 6.04 Å². The molecule has 0 bridgehead atoms. The largest absolute Gasteiger partial charge is 0.353 e. The van der Waals surface area contributed by atoms with Gasteiger partial charge in [-0.2, -0.15) is 0 Å². The quantitative estimate of drug-likeness (QED) is 0.571. The van der Waals surface area contributed by atoms with Gasteiger partial charge in [0.15, 0.2) is 0 Å². The van der Waals surface area contributed by atoms with E-state index in [2.05, 4.69) is 26.6 Å². The van der Waals surface area contributed by atoms with Gasteiger partial charge in [0.25, 0.3) is 0 Å². The molecule has 0 saturated heterocycles. The molecule has 0 unspecified atom stereocenters. The van der Waals surface area contributed by atoms with Crippen LogP contribution in [0.2, 0.25) is 0 Å². The number of benzene rings is 1. The van der Waals surface area contributed by atoms with Gasteiger partial charge in [0.2, 0.25) is 11.8 Å². The van der Waals surface area contributed by atoms with Crippen LogP contribution in [0.15, 0.2) is 33.6 Å². The zero-order valence-corrected chi connectivity index (χ0v) is 14.9. The van der Waals surface area contributed by atoms with Crippen molar-refractivity contribution in [2.75, 3.05) is 12.3 Å². The number of hydrogen-bond donors (Lipinski definition) is 2. The lowest BCUT2D eigenvalue weighted by Gasteiger charge is -2.20. The highest BCUT2D eigenvalue weighted by Crippen LogP contribution is 2.19. The number of carbonyl (C=O) groups excluding carboxylic acids is 2. The van der Waals surface area contributed by atoms with Crippen molar-refractivity contribution in [3.63, 3.8) is 0 Å². The Bertz CT molecular complexity index is 477. The minimum atomic E-state index is -0.472. The minimum Gasteiger partial charge on any atom is -0.353 e. The molecule has 0 aromatic heterocycles. The Morgan fingerprint density at radius 1 is 1.24 bits per heavy atom. The van der Waals surface area contributed by atoms with Crippen LogP contribution in [0.25, 0.3) is 0 Å². The Morgan fingerprint density at radius 2 is 1.86 bits per heavy atom. The number of hydrogen-bond acceptors (Lipinski definition) is 3. The van der Waals surface area contributed by atoms with Crippen molar-refractivity contribution >= 4 is 39.5 Å². The van der Waals surface area contributed by atoms with E-state index in [1.54, 1.807) is 11.8 Å². The van der Waals surface area contributed by atoms with Crippen molar-refractivity contribution in [3.8, 4) is 0 Å². The van der Waals surface area contributed by atoms with Gasteiger partial charge in [-0.3, -0.25) is 9.59 Å². The predicted octanol–water partition coefficient (Wildman–Crippen LogP) is 2.82. The maximum absolute atomic E-state index is 12.0. The van der Waals surface area contributed by atoms with Gasteiger partial charge >= 0.3 is 0 Å². The standard InChI is InChI=1S/C15H21BrN2O2S/c1-10(2)14(18-11(3)19)15(20)17-8-9-21-13-6-4-12(16)5-7-13/h4-7,10,14H,8-9H2,1-3H3,(H,17,20)(H,18,19)/t14-/m0/s1. The van der Waals surface area contributed by atoms with Gasteiger partial charge in [-0.25, -0.2) is 0 Å². The van der Waals surface area contributed by atoms with Crippen LogP contribution in [0.1, 0.15) is 20.8 Å². The molecule has 0 aliphatic rings. The van der Waals surface area contributed by atoms with Crippen LogP contribution in [0.5, 0.6) is 0 Å². The van der Waals surface area contributed by atoms with Crippen LogP contribution in [0.3, 0.4) is 0 Å². The average Bonchev–Trinajstić information content (AvgIpc) is 2.42. The average molecular weight is 373 g/mol. The first-order valence-electron chi connectivity index (χ1n) is 6.83. The number of halogens is 1. The van der Waals surface area contributed by atoms with E-state index in [9.17, 15) is 9.59 Å². The molecule has 21 heavy (non-hydrogen) atoms. The Balaban J connectivity index is 2.34. The lowest BCUT2D eigenvalue weighted by Crippen LogP contribution is -2.49. The van der Waals surface area contributed by atoms with E-state index in [-0.39, 0.29) is 17.7 Å². The first-order chi connectivity index (χ1) is 9.90. The fourth-order valence-electron chi connectivity index (χ4n) is 1.74. The van der Waals surface area contributed by atoms with Crippen molar-refractivity contribution in [3.05, 3.63) is 28.7 Å². The molecule has 1 aromatic carbocycles. The number of rotatable bonds is 7. The lowest BCUT2D eigenvalue weighted by molar-refractivity contribution is -0.129. The molecule has 0 spiro atoms. The normalized spacial score (nSPS) is 12.0. The molecule has 116 valence electrons. The van der Waals surface area contributed by atoms with Crippen molar-refractivity contribution in [2.45, 2.75) is 31.7 Å². The fourth-order valence-corrected chi connectivity index (χ4v) is 2.77. The summed E-state index contributed by atoms with van der Waals surface area (Å²) >= 11 is 5.08. The second-order valence-electron chi connectivity index (χ2n) is 5.02. The maximum Gasteiger partial charge on any atom is 0.242 e. The summed E-state index contributed by atoms with van der Waals surface area (Å²) in [6, 6.07) is 7.58. The SMILES string of the molecule is CC(=O)N[C@H](C(=O)NCCSc1ccc(Br)cc1)C(C)C. The summed E-state index contributed by atoms with van der Waals surface area (Å²) in [6.45, 7) is 5.82. The van der Waals surface area contributed by atoms with E-state index in [1.165, 1.54) is 6.92 Å². The molecule has 4 nitrogen and oxygen atoms in total. The summed E-state index contributed by atoms with van der Waals surface area (Å²) in [4.78, 5) is 24.3. The number of thioether (sulfide) groups is 1. The zero-order chi connectivity index (χ0) is 15.8. The molecule has 0 fully saturated rings. The molecule has 0 aliphatic carbocycles. The number of carbonyl (C=O) groups is 2. The molecule has 0 heterocycles. The van der Waals surface area contributed by atoms with Crippen LogP contribution < -0.4 is 10.6 Å². The van der Waals surface area contributed by atoms with Crippen molar-refractivity contribution in [1.29, 1.82) is 0 Å². The molecule has 0 aliphatic heterocycles. The second-order valence-corrected chi connectivity index (χ2v) is 7.10. The van der Waals surface area contributed by atoms with Gasteiger partial charge < -0.3 is 10.6 Å². The molecule has 1 rings (SSSR count). The first kappa shape index (κ1) is 18.0. The molecule has 0 radical (unpaired) electrons.